The van der Waals surface area contributed by atoms with Crippen LogP contribution in [0.25, 0.3) is 11.0 Å². The molecule has 0 fully saturated rings. The Balaban J connectivity index is 1.41. The highest BCUT2D eigenvalue weighted by Crippen LogP contribution is 2.24. The van der Waals surface area contributed by atoms with Crippen LogP contribution in [0.2, 0.25) is 0 Å². The van der Waals surface area contributed by atoms with Crippen LogP contribution in [-0.2, 0) is 24.3 Å². The number of nitrogens with one attached hydrogen (secondary N) is 1. The van der Waals surface area contributed by atoms with E-state index in [0.717, 1.165) is 22.1 Å². The van der Waals surface area contributed by atoms with E-state index < -0.39 is 5.63 Å². The van der Waals surface area contributed by atoms with Crippen LogP contribution in [0, 0.1) is 6.92 Å². The van der Waals surface area contributed by atoms with Gasteiger partial charge in [0.25, 0.3) is 0 Å². The normalized spacial score (nSPS) is 10.9. The number of aryl methyl sites for hydroxylation is 1. The highest BCUT2D eigenvalue weighted by Gasteiger charge is 2.14. The van der Waals surface area contributed by atoms with E-state index in [0.29, 0.717) is 36.4 Å². The van der Waals surface area contributed by atoms with E-state index in [1.165, 1.54) is 0 Å². The number of benzene rings is 2. The number of rotatable bonds is 8. The van der Waals surface area contributed by atoms with Gasteiger partial charge in [0.15, 0.2) is 0 Å². The van der Waals surface area contributed by atoms with Crippen LogP contribution in [0.1, 0.15) is 28.7 Å². The van der Waals surface area contributed by atoms with Gasteiger partial charge in [-0.2, -0.15) is 0 Å². The minimum absolute atomic E-state index is 0.115. The molecule has 1 N–H and O–H groups in total. The summed E-state index contributed by atoms with van der Waals surface area (Å²) in [6, 6.07) is 13.4. The van der Waals surface area contributed by atoms with Crippen molar-refractivity contribution >= 4 is 16.9 Å². The molecule has 2 aromatic heterocycles. The van der Waals surface area contributed by atoms with Gasteiger partial charge < -0.3 is 19.0 Å². The third-order valence-corrected chi connectivity index (χ3v) is 5.60. The molecular formula is C25H25N3O4. The molecule has 0 saturated carbocycles. The Morgan fingerprint density at radius 3 is 2.75 bits per heavy atom. The number of imidazole rings is 1. The van der Waals surface area contributed by atoms with Crippen LogP contribution in [0.4, 0.5) is 0 Å². The molecular weight excluding hydrogens is 406 g/mol. The Hall–Kier alpha value is -3.87. The van der Waals surface area contributed by atoms with Gasteiger partial charge in [0, 0.05) is 48.9 Å². The van der Waals surface area contributed by atoms with E-state index in [4.69, 9.17) is 9.15 Å². The second kappa shape index (κ2) is 9.51. The molecule has 0 saturated heterocycles. The molecule has 2 aromatic carbocycles. The molecule has 0 bridgehead atoms. The van der Waals surface area contributed by atoms with Crippen molar-refractivity contribution in [2.24, 2.45) is 0 Å². The van der Waals surface area contributed by atoms with Gasteiger partial charge in [-0.15, -0.1) is 0 Å². The van der Waals surface area contributed by atoms with Crippen molar-refractivity contribution in [1.82, 2.24) is 14.9 Å². The zero-order valence-electron chi connectivity index (χ0n) is 18.1. The van der Waals surface area contributed by atoms with E-state index in [-0.39, 0.29) is 12.3 Å². The minimum Gasteiger partial charge on any atom is -0.497 e. The topological polar surface area (TPSA) is 86.4 Å². The number of carbonyl (C=O) groups excluding carboxylic acids is 1. The second-order valence-electron chi connectivity index (χ2n) is 7.64. The summed E-state index contributed by atoms with van der Waals surface area (Å²) in [5, 5.41) is 3.81. The first-order valence-electron chi connectivity index (χ1n) is 10.4. The number of ether oxygens (including phenoxy) is 1. The van der Waals surface area contributed by atoms with Crippen molar-refractivity contribution in [3.63, 3.8) is 0 Å². The Morgan fingerprint density at radius 2 is 2.00 bits per heavy atom. The lowest BCUT2D eigenvalue weighted by molar-refractivity contribution is -0.121. The second-order valence-corrected chi connectivity index (χ2v) is 7.64. The van der Waals surface area contributed by atoms with Gasteiger partial charge in [-0.25, -0.2) is 9.78 Å². The van der Waals surface area contributed by atoms with Crippen molar-refractivity contribution in [2.75, 3.05) is 7.11 Å². The number of methoxy groups -OCH3 is 1. The monoisotopic (exact) mass is 431 g/mol. The molecule has 0 unspecified atom stereocenters. The van der Waals surface area contributed by atoms with Crippen LogP contribution in [0.15, 0.2) is 70.4 Å². The van der Waals surface area contributed by atoms with Gasteiger partial charge in [-0.05, 0) is 42.2 Å². The Kier molecular flexibility index (Phi) is 6.35. The maximum Gasteiger partial charge on any atom is 0.339 e. The Bertz CT molecular complexity index is 1290. The average Bonchev–Trinajstić information content (AvgIpc) is 3.31. The fourth-order valence-electron chi connectivity index (χ4n) is 3.77. The Morgan fingerprint density at radius 1 is 1.19 bits per heavy atom. The number of nitrogens with zero attached hydrogens (tertiary/aromatic N) is 2. The van der Waals surface area contributed by atoms with Crippen LogP contribution < -0.4 is 15.7 Å². The molecule has 0 aliphatic carbocycles. The third kappa shape index (κ3) is 4.72. The molecule has 164 valence electrons. The number of hydrogen-bond acceptors (Lipinski definition) is 5. The van der Waals surface area contributed by atoms with Gasteiger partial charge in [0.2, 0.25) is 5.91 Å². The summed E-state index contributed by atoms with van der Waals surface area (Å²) < 4.78 is 12.6. The lowest BCUT2D eigenvalue weighted by Crippen LogP contribution is -2.25. The molecule has 0 atom stereocenters. The molecule has 0 spiro atoms. The van der Waals surface area contributed by atoms with E-state index >= 15 is 0 Å². The molecule has 1 amide bonds. The lowest BCUT2D eigenvalue weighted by Gasteiger charge is -2.12. The van der Waals surface area contributed by atoms with Gasteiger partial charge >= 0.3 is 5.63 Å². The van der Waals surface area contributed by atoms with Gasteiger partial charge in [-0.1, -0.05) is 24.3 Å². The maximum atomic E-state index is 12.5. The molecule has 0 aliphatic heterocycles. The quantitative estimate of drug-likeness (QED) is 0.431. The summed E-state index contributed by atoms with van der Waals surface area (Å²) in [6.45, 7) is 2.99. The number of carbonyl (C=O) groups is 1. The predicted molar refractivity (Wildman–Crippen MR) is 122 cm³/mol. The van der Waals surface area contributed by atoms with Gasteiger partial charge in [0.1, 0.15) is 11.3 Å². The summed E-state index contributed by atoms with van der Waals surface area (Å²) in [6.07, 6.45) is 5.94. The number of amides is 1. The zero-order valence-corrected chi connectivity index (χ0v) is 18.1. The third-order valence-electron chi connectivity index (χ3n) is 5.60. The lowest BCUT2D eigenvalue weighted by atomic mass is 10.0. The standard InChI is InChI=1S/C25H25N3O4/c1-17-21-8-7-20(31-2)13-23(21)32-25(30)22(17)9-10-24(29)27-14-18-5-3-4-6-19(18)15-28-12-11-26-16-28/h3-8,11-13,16H,9-10,14-15H2,1-2H3,(H,27,29). The van der Waals surface area contributed by atoms with Crippen LogP contribution in [-0.4, -0.2) is 22.6 Å². The zero-order chi connectivity index (χ0) is 22.5. The summed E-state index contributed by atoms with van der Waals surface area (Å²) in [5.41, 5.74) is 3.59. The number of hydrogen-bond donors (Lipinski definition) is 1. The van der Waals surface area contributed by atoms with E-state index in [9.17, 15) is 9.59 Å². The highest BCUT2D eigenvalue weighted by atomic mass is 16.5. The van der Waals surface area contributed by atoms with Crippen molar-refractivity contribution in [2.45, 2.75) is 32.9 Å². The predicted octanol–water partition coefficient (Wildman–Crippen LogP) is 3.60. The fourth-order valence-corrected chi connectivity index (χ4v) is 3.77. The first-order valence-corrected chi connectivity index (χ1v) is 10.4. The molecule has 7 heteroatoms. The van der Waals surface area contributed by atoms with Crippen LogP contribution >= 0.6 is 0 Å². The molecule has 0 aliphatic rings. The van der Waals surface area contributed by atoms with Crippen molar-refractivity contribution < 1.29 is 13.9 Å². The summed E-state index contributed by atoms with van der Waals surface area (Å²) in [5.74, 6) is 0.511. The Labute approximate surface area is 185 Å². The molecule has 4 rings (SSSR count). The van der Waals surface area contributed by atoms with Gasteiger partial charge in [-0.3, -0.25) is 4.79 Å². The first-order chi connectivity index (χ1) is 15.5. The first kappa shape index (κ1) is 21.4. The van der Waals surface area contributed by atoms with E-state index in [1.54, 1.807) is 25.7 Å². The number of fused-ring (bicyclic) bond motifs is 1. The molecule has 7 nitrogen and oxygen atoms in total. The smallest absolute Gasteiger partial charge is 0.339 e. The van der Waals surface area contributed by atoms with Crippen molar-refractivity contribution in [3.05, 3.63) is 93.9 Å². The fraction of sp³-hybridized carbons (Fsp3) is 0.240. The van der Waals surface area contributed by atoms with Gasteiger partial charge in [0.05, 0.1) is 13.4 Å². The highest BCUT2D eigenvalue weighted by molar-refractivity contribution is 5.82. The number of aromatic nitrogens is 2. The minimum atomic E-state index is -0.415. The van der Waals surface area contributed by atoms with E-state index in [1.807, 2.05) is 54.1 Å². The van der Waals surface area contributed by atoms with Crippen molar-refractivity contribution in [3.8, 4) is 5.75 Å². The largest absolute Gasteiger partial charge is 0.497 e. The van der Waals surface area contributed by atoms with Crippen molar-refractivity contribution in [1.29, 1.82) is 0 Å². The average molecular weight is 431 g/mol. The SMILES string of the molecule is COc1ccc2c(C)c(CCC(=O)NCc3ccccc3Cn3ccnc3)c(=O)oc2c1. The molecule has 4 aromatic rings. The molecule has 0 radical (unpaired) electrons. The molecule has 32 heavy (non-hydrogen) atoms. The van der Waals surface area contributed by atoms with Crippen LogP contribution in [0.3, 0.4) is 0 Å². The maximum absolute atomic E-state index is 12.5. The summed E-state index contributed by atoms with van der Waals surface area (Å²) in [7, 11) is 1.56. The molecule has 2 heterocycles. The van der Waals surface area contributed by atoms with Crippen LogP contribution in [0.5, 0.6) is 5.75 Å². The summed E-state index contributed by atoms with van der Waals surface area (Å²) in [4.78, 5) is 29.1. The van der Waals surface area contributed by atoms with E-state index in [2.05, 4.69) is 10.3 Å². The summed E-state index contributed by atoms with van der Waals surface area (Å²) >= 11 is 0.